The number of hydrogen-bond donors (Lipinski definition) is 1. The third-order valence-electron chi connectivity index (χ3n) is 3.07. The molecule has 1 aromatic rings. The van der Waals surface area contributed by atoms with Crippen molar-refractivity contribution in [1.82, 2.24) is 4.98 Å². The van der Waals surface area contributed by atoms with Crippen molar-refractivity contribution in [1.29, 1.82) is 0 Å². The molecule has 0 aliphatic heterocycles. The van der Waals surface area contributed by atoms with Crippen molar-refractivity contribution < 1.29 is 19.0 Å². The van der Waals surface area contributed by atoms with E-state index >= 15 is 0 Å². The Kier molecular flexibility index (Phi) is 7.11. The summed E-state index contributed by atoms with van der Waals surface area (Å²) in [4.78, 5) is 16.3. The molecule has 0 unspecified atom stereocenters. The van der Waals surface area contributed by atoms with E-state index in [1.807, 2.05) is 13.8 Å². The first-order chi connectivity index (χ1) is 10.0. The molecule has 0 saturated carbocycles. The Morgan fingerprint density at radius 2 is 2.05 bits per heavy atom. The Bertz CT molecular complexity index is 463. The van der Waals surface area contributed by atoms with E-state index in [-0.39, 0.29) is 11.7 Å². The maximum absolute atomic E-state index is 12.2. The number of ketones is 1. The minimum Gasteiger partial charge on any atom is -0.488 e. The van der Waals surface area contributed by atoms with Gasteiger partial charge >= 0.3 is 0 Å². The van der Waals surface area contributed by atoms with Crippen LogP contribution in [0, 0.1) is 5.92 Å². The van der Waals surface area contributed by atoms with Gasteiger partial charge in [0, 0.05) is 31.9 Å². The van der Waals surface area contributed by atoms with Gasteiger partial charge in [0.05, 0.1) is 19.8 Å². The Hall–Kier alpha value is -1.66. The number of rotatable bonds is 9. The lowest BCUT2D eigenvalue weighted by molar-refractivity contribution is 0.0939. The maximum atomic E-state index is 12.2. The summed E-state index contributed by atoms with van der Waals surface area (Å²) in [5.41, 5.74) is 6.32. The average Bonchev–Trinajstić information content (AvgIpc) is 2.49. The maximum Gasteiger partial charge on any atom is 0.256 e. The average molecular weight is 296 g/mol. The lowest BCUT2D eigenvalue weighted by atomic mass is 9.97. The second-order valence-corrected chi connectivity index (χ2v) is 5.06. The normalized spacial score (nSPS) is 12.3. The molecule has 21 heavy (non-hydrogen) atoms. The first kappa shape index (κ1) is 17.4. The summed E-state index contributed by atoms with van der Waals surface area (Å²) in [6.07, 6.45) is 2.20. The summed E-state index contributed by atoms with van der Waals surface area (Å²) in [6, 6.07) is 1.07. The first-order valence-electron chi connectivity index (χ1n) is 6.96. The van der Waals surface area contributed by atoms with Crippen molar-refractivity contribution >= 4 is 5.78 Å². The van der Waals surface area contributed by atoms with Crippen molar-refractivity contribution in [2.24, 2.45) is 11.7 Å². The highest BCUT2D eigenvalue weighted by molar-refractivity contribution is 6.00. The predicted molar refractivity (Wildman–Crippen MR) is 79.9 cm³/mol. The van der Waals surface area contributed by atoms with Crippen molar-refractivity contribution in [2.45, 2.75) is 26.3 Å². The summed E-state index contributed by atoms with van der Waals surface area (Å²) in [5.74, 6) is 0.699. The van der Waals surface area contributed by atoms with Crippen molar-refractivity contribution in [3.8, 4) is 11.6 Å². The number of nitrogens with two attached hydrogens (primary N) is 1. The monoisotopic (exact) mass is 296 g/mol. The van der Waals surface area contributed by atoms with E-state index in [2.05, 4.69) is 4.98 Å². The molecule has 0 amide bonds. The highest BCUT2D eigenvalue weighted by Gasteiger charge is 2.21. The molecule has 0 bridgehead atoms. The van der Waals surface area contributed by atoms with Crippen LogP contribution in [0.2, 0.25) is 0 Å². The zero-order chi connectivity index (χ0) is 15.8. The zero-order valence-corrected chi connectivity index (χ0v) is 13.1. The fourth-order valence-corrected chi connectivity index (χ4v) is 1.70. The van der Waals surface area contributed by atoms with E-state index in [1.165, 1.54) is 13.3 Å². The third-order valence-corrected chi connectivity index (χ3v) is 3.07. The summed E-state index contributed by atoms with van der Waals surface area (Å²) < 4.78 is 15.7. The van der Waals surface area contributed by atoms with Crippen molar-refractivity contribution in [2.75, 3.05) is 27.4 Å². The van der Waals surface area contributed by atoms with Gasteiger partial charge in [0.25, 0.3) is 5.88 Å². The van der Waals surface area contributed by atoms with Gasteiger partial charge in [-0.15, -0.1) is 0 Å². The van der Waals surface area contributed by atoms with E-state index < -0.39 is 6.04 Å². The molecule has 1 rings (SSSR count). The summed E-state index contributed by atoms with van der Waals surface area (Å²) in [7, 11) is 3.14. The van der Waals surface area contributed by atoms with Gasteiger partial charge in [-0.25, -0.2) is 4.98 Å². The van der Waals surface area contributed by atoms with Gasteiger partial charge in [-0.05, 0) is 12.0 Å². The van der Waals surface area contributed by atoms with Gasteiger partial charge in [-0.3, -0.25) is 4.79 Å². The number of carbonyl (C=O) groups is 1. The minimum atomic E-state index is -0.554. The van der Waals surface area contributed by atoms with E-state index in [0.717, 1.165) is 6.42 Å². The molecule has 1 heterocycles. The molecule has 0 radical (unpaired) electrons. The summed E-state index contributed by atoms with van der Waals surface area (Å²) in [5, 5.41) is 0. The molecule has 6 nitrogen and oxygen atoms in total. The molecular formula is C15H24N2O4. The number of methoxy groups -OCH3 is 2. The van der Waals surface area contributed by atoms with Gasteiger partial charge in [0.15, 0.2) is 11.5 Å². The number of hydrogen-bond acceptors (Lipinski definition) is 6. The Morgan fingerprint density at radius 1 is 1.33 bits per heavy atom. The number of ether oxygens (including phenoxy) is 3. The van der Waals surface area contributed by atoms with Crippen LogP contribution in [-0.2, 0) is 4.74 Å². The fourth-order valence-electron chi connectivity index (χ4n) is 1.70. The number of nitrogens with zero attached hydrogens (tertiary/aromatic N) is 1. The number of pyridine rings is 1. The molecule has 0 aromatic carbocycles. The quantitative estimate of drug-likeness (QED) is 0.551. The van der Waals surface area contributed by atoms with Crippen molar-refractivity contribution in [3.63, 3.8) is 0 Å². The van der Waals surface area contributed by atoms with Crippen LogP contribution in [0.25, 0.3) is 0 Å². The van der Waals surface area contributed by atoms with Crippen LogP contribution < -0.4 is 15.2 Å². The Balaban J connectivity index is 2.86. The molecule has 0 saturated heterocycles. The molecule has 1 aromatic heterocycles. The van der Waals surface area contributed by atoms with E-state index in [0.29, 0.717) is 30.4 Å². The molecule has 0 aliphatic rings. The van der Waals surface area contributed by atoms with Crippen LogP contribution >= 0.6 is 0 Å². The van der Waals surface area contributed by atoms with Gasteiger partial charge in [-0.1, -0.05) is 13.8 Å². The largest absolute Gasteiger partial charge is 0.488 e. The molecule has 2 N–H and O–H groups in total. The molecule has 118 valence electrons. The molecule has 1 atom stereocenters. The topological polar surface area (TPSA) is 83.7 Å². The SMILES string of the molecule is COCCCOc1cc(C(=O)[C@H](N)C(C)C)cnc1OC. The van der Waals surface area contributed by atoms with Gasteiger partial charge in [0.2, 0.25) is 0 Å². The molecular weight excluding hydrogens is 272 g/mol. The minimum absolute atomic E-state index is 0.0608. The molecule has 0 spiro atoms. The second kappa shape index (κ2) is 8.59. The highest BCUT2D eigenvalue weighted by Crippen LogP contribution is 2.26. The van der Waals surface area contributed by atoms with Crippen LogP contribution in [0.3, 0.4) is 0 Å². The van der Waals surface area contributed by atoms with E-state index in [1.54, 1.807) is 13.2 Å². The Morgan fingerprint density at radius 3 is 2.62 bits per heavy atom. The number of Topliss-reactive ketones (excluding diaryl/α,β-unsaturated/α-hetero) is 1. The third kappa shape index (κ3) is 4.99. The van der Waals surface area contributed by atoms with Gasteiger partial charge in [-0.2, -0.15) is 0 Å². The van der Waals surface area contributed by atoms with Crippen LogP contribution in [0.15, 0.2) is 12.3 Å². The second-order valence-electron chi connectivity index (χ2n) is 5.06. The van der Waals surface area contributed by atoms with Crippen LogP contribution in [0.5, 0.6) is 11.6 Å². The fraction of sp³-hybridized carbons (Fsp3) is 0.600. The molecule has 0 fully saturated rings. The lowest BCUT2D eigenvalue weighted by Crippen LogP contribution is -2.35. The molecule has 0 aliphatic carbocycles. The van der Waals surface area contributed by atoms with Crippen molar-refractivity contribution in [3.05, 3.63) is 17.8 Å². The highest BCUT2D eigenvalue weighted by atomic mass is 16.5. The van der Waals surface area contributed by atoms with Gasteiger partial charge < -0.3 is 19.9 Å². The lowest BCUT2D eigenvalue weighted by Gasteiger charge is -2.15. The van der Waals surface area contributed by atoms with Crippen LogP contribution in [0.4, 0.5) is 0 Å². The number of carbonyl (C=O) groups excluding carboxylic acids is 1. The predicted octanol–water partition coefficient (Wildman–Crippen LogP) is 1.67. The van der Waals surface area contributed by atoms with E-state index in [4.69, 9.17) is 19.9 Å². The van der Waals surface area contributed by atoms with Crippen LogP contribution in [-0.4, -0.2) is 44.2 Å². The summed E-state index contributed by atoms with van der Waals surface area (Å²) in [6.45, 7) is 4.87. The van der Waals surface area contributed by atoms with Crippen LogP contribution in [0.1, 0.15) is 30.6 Å². The molecule has 6 heteroatoms. The van der Waals surface area contributed by atoms with Gasteiger partial charge in [0.1, 0.15) is 0 Å². The standard InChI is InChI=1S/C15H24N2O4/c1-10(2)13(16)14(18)11-8-12(15(20-4)17-9-11)21-7-5-6-19-3/h8-10,13H,5-7,16H2,1-4H3/t13-/m1/s1. The number of aromatic nitrogens is 1. The zero-order valence-electron chi connectivity index (χ0n) is 13.1. The summed E-state index contributed by atoms with van der Waals surface area (Å²) >= 11 is 0. The smallest absolute Gasteiger partial charge is 0.256 e. The first-order valence-corrected chi connectivity index (χ1v) is 6.96. The Labute approximate surface area is 125 Å². The van der Waals surface area contributed by atoms with E-state index in [9.17, 15) is 4.79 Å².